The molecule has 0 amide bonds. The van der Waals surface area contributed by atoms with Gasteiger partial charge in [-0.15, -0.1) is 0 Å². The second-order valence-corrected chi connectivity index (χ2v) is 2.64. The van der Waals surface area contributed by atoms with Crippen LogP contribution in [0.25, 0.3) is 0 Å². The lowest BCUT2D eigenvalue weighted by Crippen LogP contribution is -1.96. The molecule has 1 rings (SSSR count). The second kappa shape index (κ2) is 4.36. The zero-order valence-corrected chi connectivity index (χ0v) is 7.45. The lowest BCUT2D eigenvalue weighted by atomic mass is 10.2. The first-order chi connectivity index (χ1) is 6.27. The van der Waals surface area contributed by atoms with Gasteiger partial charge in [-0.1, -0.05) is 6.92 Å². The van der Waals surface area contributed by atoms with Gasteiger partial charge in [-0.2, -0.15) is 5.26 Å². The van der Waals surface area contributed by atoms with Gasteiger partial charge in [0, 0.05) is 6.07 Å². The smallest absolute Gasteiger partial charge is 0.137 e. The third-order valence-electron chi connectivity index (χ3n) is 1.55. The van der Waals surface area contributed by atoms with Crippen molar-refractivity contribution in [2.24, 2.45) is 0 Å². The van der Waals surface area contributed by atoms with Crippen LogP contribution in [0.3, 0.4) is 0 Å². The van der Waals surface area contributed by atoms with E-state index in [9.17, 15) is 0 Å². The molecule has 0 heterocycles. The van der Waals surface area contributed by atoms with Crippen molar-refractivity contribution in [3.05, 3.63) is 23.8 Å². The minimum atomic E-state index is 0.0837. The van der Waals surface area contributed by atoms with Crippen LogP contribution in [0.4, 0.5) is 0 Å². The van der Waals surface area contributed by atoms with Gasteiger partial charge in [0.05, 0.1) is 12.2 Å². The normalized spacial score (nSPS) is 9.23. The molecule has 3 heteroatoms. The Bertz CT molecular complexity index is 328. The number of hydrogen-bond donors (Lipinski definition) is 1. The molecule has 0 radical (unpaired) electrons. The molecule has 3 nitrogen and oxygen atoms in total. The number of rotatable bonds is 3. The summed E-state index contributed by atoms with van der Waals surface area (Å²) in [6, 6.07) is 6.46. The van der Waals surface area contributed by atoms with E-state index < -0.39 is 0 Å². The number of hydrogen-bond acceptors (Lipinski definition) is 3. The van der Waals surface area contributed by atoms with E-state index in [1.807, 2.05) is 13.0 Å². The lowest BCUT2D eigenvalue weighted by Gasteiger charge is -2.05. The zero-order chi connectivity index (χ0) is 9.68. The highest BCUT2D eigenvalue weighted by Crippen LogP contribution is 2.22. The number of benzene rings is 1. The quantitative estimate of drug-likeness (QED) is 0.768. The summed E-state index contributed by atoms with van der Waals surface area (Å²) in [6.45, 7) is 2.58. The van der Waals surface area contributed by atoms with E-state index in [1.54, 1.807) is 6.07 Å². The third kappa shape index (κ3) is 2.38. The zero-order valence-electron chi connectivity index (χ0n) is 7.45. The molecule has 0 aromatic heterocycles. The van der Waals surface area contributed by atoms with E-state index in [0.29, 0.717) is 17.9 Å². The van der Waals surface area contributed by atoms with Crippen LogP contribution in [-0.2, 0) is 0 Å². The van der Waals surface area contributed by atoms with Crippen molar-refractivity contribution < 1.29 is 9.84 Å². The van der Waals surface area contributed by atoms with Crippen LogP contribution in [0, 0.1) is 11.3 Å². The molecule has 0 saturated carbocycles. The summed E-state index contributed by atoms with van der Waals surface area (Å²) in [5.41, 5.74) is 0.369. The largest absolute Gasteiger partial charge is 0.508 e. The third-order valence-corrected chi connectivity index (χ3v) is 1.55. The highest BCUT2D eigenvalue weighted by molar-refractivity contribution is 5.47. The fourth-order valence-corrected chi connectivity index (χ4v) is 0.943. The van der Waals surface area contributed by atoms with Crippen molar-refractivity contribution in [1.29, 1.82) is 5.26 Å². The molecule has 1 N–H and O–H groups in total. The van der Waals surface area contributed by atoms with E-state index in [4.69, 9.17) is 15.1 Å². The highest BCUT2D eigenvalue weighted by atomic mass is 16.5. The first kappa shape index (κ1) is 9.40. The molecule has 13 heavy (non-hydrogen) atoms. The van der Waals surface area contributed by atoms with Gasteiger partial charge in [0.1, 0.15) is 17.6 Å². The van der Waals surface area contributed by atoms with E-state index in [2.05, 4.69) is 0 Å². The summed E-state index contributed by atoms with van der Waals surface area (Å²) < 4.78 is 5.30. The molecule has 0 aliphatic rings. The molecule has 0 aliphatic heterocycles. The molecule has 0 saturated heterocycles. The Morgan fingerprint density at radius 1 is 1.54 bits per heavy atom. The fraction of sp³-hybridized carbons (Fsp3) is 0.300. The summed E-state index contributed by atoms with van der Waals surface area (Å²) in [5, 5.41) is 17.8. The number of nitrogens with zero attached hydrogens (tertiary/aromatic N) is 1. The van der Waals surface area contributed by atoms with Crippen LogP contribution >= 0.6 is 0 Å². The van der Waals surface area contributed by atoms with Crippen LogP contribution in [0.15, 0.2) is 18.2 Å². The summed E-state index contributed by atoms with van der Waals surface area (Å²) in [6.07, 6.45) is 0.895. The van der Waals surface area contributed by atoms with Crippen molar-refractivity contribution in [1.82, 2.24) is 0 Å². The highest BCUT2D eigenvalue weighted by Gasteiger charge is 2.02. The van der Waals surface area contributed by atoms with Crippen molar-refractivity contribution in [3.63, 3.8) is 0 Å². The molecule has 0 spiro atoms. The van der Waals surface area contributed by atoms with E-state index in [0.717, 1.165) is 6.42 Å². The van der Waals surface area contributed by atoms with Gasteiger partial charge in [0.25, 0.3) is 0 Å². The predicted molar refractivity (Wildman–Crippen MR) is 48.6 cm³/mol. The second-order valence-electron chi connectivity index (χ2n) is 2.64. The maximum atomic E-state index is 9.09. The number of phenolic OH excluding ortho intramolecular Hbond substituents is 1. The standard InChI is InChI=1S/C10H11NO2/c1-2-5-13-10-4-3-9(12)6-8(10)7-11/h3-4,6,12H,2,5H2,1H3. The average molecular weight is 177 g/mol. The molecular formula is C10H11NO2. The van der Waals surface area contributed by atoms with Crippen molar-refractivity contribution in [2.45, 2.75) is 13.3 Å². The summed E-state index contributed by atoms with van der Waals surface area (Å²) in [7, 11) is 0. The van der Waals surface area contributed by atoms with Crippen molar-refractivity contribution in [3.8, 4) is 17.6 Å². The molecule has 0 aliphatic carbocycles. The SMILES string of the molecule is CCCOc1ccc(O)cc1C#N. The van der Waals surface area contributed by atoms with E-state index in [1.165, 1.54) is 12.1 Å². The van der Waals surface area contributed by atoms with Gasteiger partial charge >= 0.3 is 0 Å². The molecule has 0 atom stereocenters. The Balaban J connectivity index is 2.88. The number of aromatic hydroxyl groups is 1. The van der Waals surface area contributed by atoms with Gasteiger partial charge in [-0.25, -0.2) is 0 Å². The maximum absolute atomic E-state index is 9.09. The number of nitriles is 1. The van der Waals surface area contributed by atoms with Crippen molar-refractivity contribution in [2.75, 3.05) is 6.61 Å². The number of ether oxygens (including phenoxy) is 1. The maximum Gasteiger partial charge on any atom is 0.137 e. The molecular weight excluding hydrogens is 166 g/mol. The van der Waals surface area contributed by atoms with Crippen LogP contribution in [0.2, 0.25) is 0 Å². The fourth-order valence-electron chi connectivity index (χ4n) is 0.943. The van der Waals surface area contributed by atoms with Crippen molar-refractivity contribution >= 4 is 0 Å². The average Bonchev–Trinajstić information content (AvgIpc) is 2.16. The molecule has 1 aromatic rings. The van der Waals surface area contributed by atoms with Crippen LogP contribution < -0.4 is 4.74 Å². The van der Waals surface area contributed by atoms with Gasteiger partial charge in [0.2, 0.25) is 0 Å². The van der Waals surface area contributed by atoms with E-state index in [-0.39, 0.29) is 5.75 Å². The summed E-state index contributed by atoms with van der Waals surface area (Å²) in [4.78, 5) is 0. The number of phenols is 1. The van der Waals surface area contributed by atoms with Crippen LogP contribution in [0.1, 0.15) is 18.9 Å². The molecule has 1 aromatic carbocycles. The summed E-state index contributed by atoms with van der Waals surface area (Å²) in [5.74, 6) is 0.613. The minimum Gasteiger partial charge on any atom is -0.508 e. The van der Waals surface area contributed by atoms with E-state index >= 15 is 0 Å². The Labute approximate surface area is 77.2 Å². The van der Waals surface area contributed by atoms with Crippen LogP contribution in [0.5, 0.6) is 11.5 Å². The molecule has 68 valence electrons. The van der Waals surface area contributed by atoms with Gasteiger partial charge in [-0.3, -0.25) is 0 Å². The Morgan fingerprint density at radius 3 is 2.92 bits per heavy atom. The Hall–Kier alpha value is -1.69. The topological polar surface area (TPSA) is 53.2 Å². The molecule has 0 fully saturated rings. The summed E-state index contributed by atoms with van der Waals surface area (Å²) >= 11 is 0. The van der Waals surface area contributed by atoms with Gasteiger partial charge in [-0.05, 0) is 18.6 Å². The Morgan fingerprint density at radius 2 is 2.31 bits per heavy atom. The molecule has 0 bridgehead atoms. The monoisotopic (exact) mass is 177 g/mol. The first-order valence-electron chi connectivity index (χ1n) is 4.14. The first-order valence-corrected chi connectivity index (χ1v) is 4.14. The van der Waals surface area contributed by atoms with Gasteiger partial charge in [0.15, 0.2) is 0 Å². The Kier molecular flexibility index (Phi) is 3.15. The van der Waals surface area contributed by atoms with Gasteiger partial charge < -0.3 is 9.84 Å². The lowest BCUT2D eigenvalue weighted by molar-refractivity contribution is 0.316. The minimum absolute atomic E-state index is 0.0837. The molecule has 0 unspecified atom stereocenters. The predicted octanol–water partition coefficient (Wildman–Crippen LogP) is 2.05. The van der Waals surface area contributed by atoms with Crippen LogP contribution in [-0.4, -0.2) is 11.7 Å².